The Balaban J connectivity index is 1.81. The highest BCUT2D eigenvalue weighted by Gasteiger charge is 2.33. The van der Waals surface area contributed by atoms with Crippen LogP contribution in [0, 0.1) is 0 Å². The number of aromatic nitrogens is 1. The van der Waals surface area contributed by atoms with Gasteiger partial charge in [-0.15, -0.1) is 0 Å². The van der Waals surface area contributed by atoms with Gasteiger partial charge in [0.25, 0.3) is 5.91 Å². The van der Waals surface area contributed by atoms with Gasteiger partial charge >= 0.3 is 6.03 Å². The van der Waals surface area contributed by atoms with Crippen LogP contribution in [0.2, 0.25) is 0 Å². The predicted octanol–water partition coefficient (Wildman–Crippen LogP) is 2.17. The van der Waals surface area contributed by atoms with Crippen molar-refractivity contribution in [1.29, 1.82) is 0 Å². The van der Waals surface area contributed by atoms with E-state index in [9.17, 15) is 9.59 Å². The minimum absolute atomic E-state index is 0.263. The molecule has 1 aromatic heterocycles. The maximum absolute atomic E-state index is 12.3. The van der Waals surface area contributed by atoms with E-state index < -0.39 is 6.03 Å². The minimum atomic E-state index is -0.399. The molecular weight excluding hydrogens is 266 g/mol. The van der Waals surface area contributed by atoms with Gasteiger partial charge in [-0.25, -0.2) is 4.79 Å². The van der Waals surface area contributed by atoms with Crippen LogP contribution in [0.3, 0.4) is 0 Å². The Kier molecular flexibility index (Phi) is 3.47. The fourth-order valence-electron chi connectivity index (χ4n) is 2.11. The molecule has 0 atom stereocenters. The van der Waals surface area contributed by atoms with E-state index >= 15 is 0 Å². The summed E-state index contributed by atoms with van der Waals surface area (Å²) in [5, 5.41) is 2.60. The number of nitrogens with zero attached hydrogens (tertiary/aromatic N) is 2. The highest BCUT2D eigenvalue weighted by atomic mass is 16.2. The molecule has 0 saturated carbocycles. The van der Waals surface area contributed by atoms with Gasteiger partial charge in [0.1, 0.15) is 5.70 Å². The molecule has 1 aliphatic rings. The van der Waals surface area contributed by atoms with Crippen LogP contribution < -0.4 is 5.32 Å². The molecule has 1 saturated heterocycles. The monoisotopic (exact) mass is 279 g/mol. The molecule has 2 heterocycles. The standard InChI is InChI=1S/C16H13N3O2/c20-15-14(10-12-6-8-17-9-7-12)18-16(21)19(15)11-13-4-2-1-3-5-13/h1-10H,11H2,(H,18,21)/b14-10+. The molecule has 104 valence electrons. The van der Waals surface area contributed by atoms with E-state index in [1.54, 1.807) is 30.6 Å². The first-order valence-corrected chi connectivity index (χ1v) is 6.52. The Labute approximate surface area is 121 Å². The zero-order valence-corrected chi connectivity index (χ0v) is 11.2. The van der Waals surface area contributed by atoms with Gasteiger partial charge in [0.05, 0.1) is 6.54 Å². The molecule has 0 aliphatic carbocycles. The van der Waals surface area contributed by atoms with Crippen molar-refractivity contribution in [3.05, 3.63) is 71.7 Å². The van der Waals surface area contributed by atoms with Gasteiger partial charge in [0.2, 0.25) is 0 Å². The molecule has 21 heavy (non-hydrogen) atoms. The van der Waals surface area contributed by atoms with Gasteiger partial charge in [0, 0.05) is 12.4 Å². The third-order valence-electron chi connectivity index (χ3n) is 3.16. The van der Waals surface area contributed by atoms with Crippen LogP contribution in [0.25, 0.3) is 6.08 Å². The summed E-state index contributed by atoms with van der Waals surface area (Å²) < 4.78 is 0. The third kappa shape index (κ3) is 2.81. The van der Waals surface area contributed by atoms with Crippen LogP contribution in [-0.2, 0) is 11.3 Å². The number of pyridine rings is 1. The van der Waals surface area contributed by atoms with Crippen LogP contribution in [-0.4, -0.2) is 21.8 Å². The van der Waals surface area contributed by atoms with E-state index in [2.05, 4.69) is 10.3 Å². The molecule has 1 aliphatic heterocycles. The number of hydrogen-bond donors (Lipinski definition) is 1. The minimum Gasteiger partial charge on any atom is -0.303 e. The first-order valence-electron chi connectivity index (χ1n) is 6.52. The van der Waals surface area contributed by atoms with Crippen molar-refractivity contribution in [2.45, 2.75) is 6.54 Å². The molecule has 3 rings (SSSR count). The van der Waals surface area contributed by atoms with Gasteiger partial charge in [0.15, 0.2) is 0 Å². The van der Waals surface area contributed by atoms with E-state index in [1.807, 2.05) is 30.3 Å². The highest BCUT2D eigenvalue weighted by Crippen LogP contribution is 2.16. The average molecular weight is 279 g/mol. The molecule has 1 fully saturated rings. The molecule has 2 aromatic rings. The number of amides is 3. The Bertz CT molecular complexity index is 696. The van der Waals surface area contributed by atoms with Crippen LogP contribution in [0.4, 0.5) is 4.79 Å². The van der Waals surface area contributed by atoms with Crippen LogP contribution in [0.15, 0.2) is 60.6 Å². The number of imide groups is 1. The summed E-state index contributed by atoms with van der Waals surface area (Å²) >= 11 is 0. The first kappa shape index (κ1) is 13.1. The summed E-state index contributed by atoms with van der Waals surface area (Å²) in [5.74, 6) is -0.319. The van der Waals surface area contributed by atoms with E-state index in [4.69, 9.17) is 0 Å². The number of rotatable bonds is 3. The predicted molar refractivity (Wildman–Crippen MR) is 77.7 cm³/mol. The SMILES string of the molecule is O=C1N/C(=C/c2ccncc2)C(=O)N1Cc1ccccc1. The van der Waals surface area contributed by atoms with Crippen molar-refractivity contribution >= 4 is 18.0 Å². The molecule has 0 bridgehead atoms. The van der Waals surface area contributed by atoms with E-state index in [0.717, 1.165) is 11.1 Å². The Morgan fingerprint density at radius 3 is 2.48 bits per heavy atom. The summed E-state index contributed by atoms with van der Waals surface area (Å²) in [6.07, 6.45) is 4.91. The van der Waals surface area contributed by atoms with E-state index in [-0.39, 0.29) is 18.1 Å². The number of carbonyl (C=O) groups excluding carboxylic acids is 2. The Morgan fingerprint density at radius 2 is 1.76 bits per heavy atom. The number of hydrogen-bond acceptors (Lipinski definition) is 3. The van der Waals surface area contributed by atoms with Crippen molar-refractivity contribution < 1.29 is 9.59 Å². The molecular formula is C16H13N3O2. The van der Waals surface area contributed by atoms with Gasteiger partial charge in [-0.2, -0.15) is 0 Å². The summed E-state index contributed by atoms with van der Waals surface area (Å²) in [5.41, 5.74) is 2.00. The maximum atomic E-state index is 12.3. The highest BCUT2D eigenvalue weighted by molar-refractivity contribution is 6.13. The second-order valence-electron chi connectivity index (χ2n) is 4.65. The number of benzene rings is 1. The number of urea groups is 1. The van der Waals surface area contributed by atoms with Gasteiger partial charge < -0.3 is 5.32 Å². The molecule has 1 N–H and O–H groups in total. The fraction of sp³-hybridized carbons (Fsp3) is 0.0625. The zero-order valence-electron chi connectivity index (χ0n) is 11.2. The van der Waals surface area contributed by atoms with Crippen molar-refractivity contribution in [1.82, 2.24) is 15.2 Å². The van der Waals surface area contributed by atoms with E-state index in [1.165, 1.54) is 4.90 Å². The number of nitrogens with one attached hydrogen (secondary N) is 1. The smallest absolute Gasteiger partial charge is 0.303 e. The lowest BCUT2D eigenvalue weighted by atomic mass is 10.2. The van der Waals surface area contributed by atoms with Gasteiger partial charge in [-0.05, 0) is 29.3 Å². The molecule has 5 heteroatoms. The van der Waals surface area contributed by atoms with Crippen molar-refractivity contribution in [2.24, 2.45) is 0 Å². The van der Waals surface area contributed by atoms with Crippen LogP contribution in [0.1, 0.15) is 11.1 Å². The molecule has 1 aromatic carbocycles. The lowest BCUT2D eigenvalue weighted by molar-refractivity contribution is -0.123. The third-order valence-corrected chi connectivity index (χ3v) is 3.16. The number of carbonyl (C=O) groups is 2. The summed E-state index contributed by atoms with van der Waals surface area (Å²) in [6.45, 7) is 0.263. The second kappa shape index (κ2) is 5.58. The normalized spacial score (nSPS) is 16.4. The maximum Gasteiger partial charge on any atom is 0.329 e. The zero-order chi connectivity index (χ0) is 14.7. The lowest BCUT2D eigenvalue weighted by Crippen LogP contribution is -2.30. The summed E-state index contributed by atoms with van der Waals surface area (Å²) in [4.78, 5) is 29.3. The Hall–Kier alpha value is -2.95. The molecule has 0 spiro atoms. The quantitative estimate of drug-likeness (QED) is 0.692. The fourth-order valence-corrected chi connectivity index (χ4v) is 2.11. The molecule has 5 nitrogen and oxygen atoms in total. The summed E-state index contributed by atoms with van der Waals surface area (Å²) in [6, 6.07) is 12.5. The second-order valence-corrected chi connectivity index (χ2v) is 4.65. The Morgan fingerprint density at radius 1 is 1.05 bits per heavy atom. The molecule has 0 radical (unpaired) electrons. The lowest BCUT2D eigenvalue weighted by Gasteiger charge is -2.11. The van der Waals surface area contributed by atoms with Crippen molar-refractivity contribution in [3.63, 3.8) is 0 Å². The van der Waals surface area contributed by atoms with Crippen molar-refractivity contribution in [3.8, 4) is 0 Å². The van der Waals surface area contributed by atoms with Crippen LogP contribution in [0.5, 0.6) is 0 Å². The average Bonchev–Trinajstić information content (AvgIpc) is 2.77. The van der Waals surface area contributed by atoms with Gasteiger partial charge in [-0.3, -0.25) is 14.7 Å². The largest absolute Gasteiger partial charge is 0.329 e. The van der Waals surface area contributed by atoms with E-state index in [0.29, 0.717) is 0 Å². The van der Waals surface area contributed by atoms with Crippen LogP contribution >= 0.6 is 0 Å². The first-order chi connectivity index (χ1) is 10.2. The van der Waals surface area contributed by atoms with Crippen molar-refractivity contribution in [2.75, 3.05) is 0 Å². The molecule has 0 unspecified atom stereocenters. The van der Waals surface area contributed by atoms with Gasteiger partial charge in [-0.1, -0.05) is 30.3 Å². The molecule has 3 amide bonds. The summed E-state index contributed by atoms with van der Waals surface area (Å²) in [7, 11) is 0. The topological polar surface area (TPSA) is 62.3 Å².